The summed E-state index contributed by atoms with van der Waals surface area (Å²) >= 11 is 3.47. The summed E-state index contributed by atoms with van der Waals surface area (Å²) in [4.78, 5) is 12.7. The number of hydrogen-bond donors (Lipinski definition) is 0. The van der Waals surface area contributed by atoms with Gasteiger partial charge in [0.15, 0.2) is 24.7 Å². The first-order valence-corrected chi connectivity index (χ1v) is 10.0. The van der Waals surface area contributed by atoms with Gasteiger partial charge in [-0.2, -0.15) is 13.2 Å². The maximum atomic E-state index is 12.9. The number of ketones is 1. The number of Topliss-reactive ketones (excluding diaryl/α,β-unsaturated/α-hetero) is 1. The van der Waals surface area contributed by atoms with Crippen LogP contribution < -0.4 is 4.57 Å². The van der Waals surface area contributed by atoms with Gasteiger partial charge >= 0.3 is 6.18 Å². The molecule has 0 atom stereocenters. The van der Waals surface area contributed by atoms with Crippen LogP contribution in [0.4, 0.5) is 13.2 Å². The fourth-order valence-corrected chi connectivity index (χ4v) is 3.95. The topological polar surface area (TPSA) is 25.9 Å². The van der Waals surface area contributed by atoms with E-state index in [1.165, 1.54) is 17.7 Å². The Morgan fingerprint density at radius 3 is 2.50 bits per heavy atom. The largest absolute Gasteiger partial charge is 0.416 e. The van der Waals surface area contributed by atoms with Crippen LogP contribution in [0.5, 0.6) is 0 Å². The van der Waals surface area contributed by atoms with Crippen LogP contribution in [-0.4, -0.2) is 10.4 Å². The Hall–Kier alpha value is -2.93. The van der Waals surface area contributed by atoms with Crippen LogP contribution in [0.3, 0.4) is 0 Å². The first-order valence-electron chi connectivity index (χ1n) is 9.23. The molecule has 0 N–H and O–H groups in total. The molecular weight excluding hydrogens is 457 g/mol. The molecule has 0 bridgehead atoms. The first kappa shape index (κ1) is 20.3. The number of halogens is 4. The molecule has 0 fully saturated rings. The van der Waals surface area contributed by atoms with Gasteiger partial charge in [0.2, 0.25) is 0 Å². The van der Waals surface area contributed by atoms with Crippen molar-refractivity contribution in [1.82, 2.24) is 4.57 Å². The molecule has 3 nitrogen and oxygen atoms in total. The van der Waals surface area contributed by atoms with E-state index in [1.54, 1.807) is 4.57 Å². The number of rotatable bonds is 5. The lowest BCUT2D eigenvalue weighted by atomic mass is 10.1. The van der Waals surface area contributed by atoms with Crippen LogP contribution in [0.1, 0.15) is 21.5 Å². The molecule has 7 heteroatoms. The van der Waals surface area contributed by atoms with E-state index in [4.69, 9.17) is 0 Å². The number of aromatic nitrogens is 2. The van der Waals surface area contributed by atoms with Crippen LogP contribution in [0.15, 0.2) is 83.7 Å². The lowest BCUT2D eigenvalue weighted by Gasteiger charge is -2.10. The Morgan fingerprint density at radius 2 is 1.77 bits per heavy atom. The van der Waals surface area contributed by atoms with Crippen LogP contribution in [-0.2, 0) is 19.3 Å². The maximum absolute atomic E-state index is 12.9. The van der Waals surface area contributed by atoms with Crippen molar-refractivity contribution in [2.75, 3.05) is 0 Å². The van der Waals surface area contributed by atoms with Gasteiger partial charge in [0.25, 0.3) is 0 Å². The number of fused-ring (bicyclic) bond motifs is 1. The van der Waals surface area contributed by atoms with Crippen LogP contribution in [0.2, 0.25) is 0 Å². The summed E-state index contributed by atoms with van der Waals surface area (Å²) in [6.45, 7) is 0.650. The van der Waals surface area contributed by atoms with Gasteiger partial charge in [-0.25, -0.2) is 4.57 Å². The molecule has 4 aromatic rings. The van der Waals surface area contributed by atoms with Gasteiger partial charge in [0, 0.05) is 17.2 Å². The molecule has 0 aliphatic rings. The molecule has 0 spiro atoms. The highest BCUT2D eigenvalue weighted by molar-refractivity contribution is 9.10. The normalized spacial score (nSPS) is 11.7. The van der Waals surface area contributed by atoms with Gasteiger partial charge in [-0.15, -0.1) is 0 Å². The second-order valence-corrected chi connectivity index (χ2v) is 7.81. The Bertz CT molecular complexity index is 1220. The molecule has 2 heterocycles. The average Bonchev–Trinajstić information content (AvgIpc) is 3.02. The number of carbonyl (C=O) groups is 1. The van der Waals surface area contributed by atoms with E-state index >= 15 is 0 Å². The highest BCUT2D eigenvalue weighted by Crippen LogP contribution is 2.30. The van der Waals surface area contributed by atoms with Crippen molar-refractivity contribution in [2.45, 2.75) is 19.3 Å². The van der Waals surface area contributed by atoms with Gasteiger partial charge < -0.3 is 4.57 Å². The standard InChI is InChI=1S/C23H17BrF3N2O/c24-22-12-18-14-28(13-16-5-2-1-3-6-16)10-9-20(18)29(22)15-21(30)17-7-4-8-19(11-17)23(25,26)27/h1-12,14H,13,15H2/q+1. The van der Waals surface area contributed by atoms with E-state index in [0.29, 0.717) is 11.1 Å². The van der Waals surface area contributed by atoms with Gasteiger partial charge in [0.1, 0.15) is 0 Å². The van der Waals surface area contributed by atoms with Crippen molar-refractivity contribution in [2.24, 2.45) is 0 Å². The Balaban J connectivity index is 1.60. The highest BCUT2D eigenvalue weighted by atomic mass is 79.9. The van der Waals surface area contributed by atoms with E-state index in [9.17, 15) is 18.0 Å². The molecule has 0 saturated carbocycles. The SMILES string of the molecule is O=C(Cn1c(Br)cc2c[n+](Cc3ccccc3)ccc21)c1cccc(C(F)(F)F)c1. The van der Waals surface area contributed by atoms with E-state index in [1.807, 2.05) is 59.4 Å². The van der Waals surface area contributed by atoms with Gasteiger partial charge in [-0.3, -0.25) is 4.79 Å². The van der Waals surface area contributed by atoms with Crippen molar-refractivity contribution in [1.29, 1.82) is 0 Å². The van der Waals surface area contributed by atoms with Crippen molar-refractivity contribution < 1.29 is 22.5 Å². The molecule has 152 valence electrons. The third-order valence-corrected chi connectivity index (χ3v) is 5.53. The summed E-state index contributed by atoms with van der Waals surface area (Å²) in [5.74, 6) is -0.389. The second-order valence-electron chi connectivity index (χ2n) is 7.00. The summed E-state index contributed by atoms with van der Waals surface area (Å²) in [5, 5.41) is 0.928. The molecule has 0 unspecified atom stereocenters. The van der Waals surface area contributed by atoms with Gasteiger partial charge in [-0.1, -0.05) is 42.5 Å². The summed E-state index contributed by atoms with van der Waals surface area (Å²) in [5.41, 5.74) is 1.20. The lowest BCUT2D eigenvalue weighted by Crippen LogP contribution is -2.33. The Kier molecular flexibility index (Phi) is 5.47. The van der Waals surface area contributed by atoms with E-state index in [2.05, 4.69) is 15.9 Å². The van der Waals surface area contributed by atoms with Crippen LogP contribution in [0.25, 0.3) is 10.9 Å². The quantitative estimate of drug-likeness (QED) is 0.272. The zero-order chi connectivity index (χ0) is 21.3. The number of benzene rings is 2. The average molecular weight is 474 g/mol. The molecule has 30 heavy (non-hydrogen) atoms. The van der Waals surface area contributed by atoms with Crippen molar-refractivity contribution in [3.63, 3.8) is 0 Å². The van der Waals surface area contributed by atoms with Crippen LogP contribution in [0, 0.1) is 0 Å². The molecule has 0 radical (unpaired) electrons. The zero-order valence-corrected chi connectivity index (χ0v) is 17.3. The monoisotopic (exact) mass is 473 g/mol. The van der Waals surface area contributed by atoms with Crippen molar-refractivity contribution in [3.05, 3.63) is 100 Å². The van der Waals surface area contributed by atoms with Gasteiger partial charge in [-0.05, 0) is 34.1 Å². The van der Waals surface area contributed by atoms with E-state index < -0.39 is 11.7 Å². The number of nitrogens with zero attached hydrogens (tertiary/aromatic N) is 2. The summed E-state index contributed by atoms with van der Waals surface area (Å²) in [7, 11) is 0. The minimum atomic E-state index is -4.48. The minimum Gasteiger partial charge on any atom is -0.327 e. The summed E-state index contributed by atoms with van der Waals surface area (Å²) in [6, 6.07) is 18.4. The van der Waals surface area contributed by atoms with E-state index in [-0.39, 0.29) is 17.9 Å². The van der Waals surface area contributed by atoms with Crippen molar-refractivity contribution >= 4 is 32.6 Å². The number of hydrogen-bond acceptors (Lipinski definition) is 1. The molecule has 4 rings (SSSR count). The number of alkyl halides is 3. The van der Waals surface area contributed by atoms with Gasteiger partial charge in [0.05, 0.1) is 27.6 Å². The molecule has 0 aliphatic carbocycles. The number of pyridine rings is 1. The molecule has 0 aliphatic heterocycles. The molecular formula is C23H17BrF3N2O+. The third kappa shape index (κ3) is 4.31. The third-order valence-electron chi connectivity index (χ3n) is 4.87. The van der Waals surface area contributed by atoms with Crippen molar-refractivity contribution in [3.8, 4) is 0 Å². The molecule has 2 aromatic heterocycles. The summed E-state index contributed by atoms with van der Waals surface area (Å²) < 4.78 is 43.3. The Morgan fingerprint density at radius 1 is 1.00 bits per heavy atom. The fraction of sp³-hybridized carbons (Fsp3) is 0.130. The second kappa shape index (κ2) is 8.07. The molecule has 0 saturated heterocycles. The van der Waals surface area contributed by atoms with Crippen LogP contribution >= 0.6 is 15.9 Å². The predicted molar refractivity (Wildman–Crippen MR) is 111 cm³/mol. The minimum absolute atomic E-state index is 0.0358. The lowest BCUT2D eigenvalue weighted by molar-refractivity contribution is -0.687. The first-order chi connectivity index (χ1) is 14.3. The highest BCUT2D eigenvalue weighted by Gasteiger charge is 2.31. The fourth-order valence-electron chi connectivity index (χ4n) is 3.39. The molecule has 2 aromatic carbocycles. The van der Waals surface area contributed by atoms with E-state index in [0.717, 1.165) is 23.0 Å². The molecule has 0 amide bonds. The summed E-state index contributed by atoms with van der Waals surface area (Å²) in [6.07, 6.45) is -0.575. The predicted octanol–water partition coefficient (Wildman–Crippen LogP) is 5.64. The number of carbonyl (C=O) groups excluding carboxylic acids is 1. The smallest absolute Gasteiger partial charge is 0.327 e. The Labute approximate surface area is 179 Å². The maximum Gasteiger partial charge on any atom is 0.416 e. The zero-order valence-electron chi connectivity index (χ0n) is 15.7.